The van der Waals surface area contributed by atoms with E-state index in [0.717, 1.165) is 11.1 Å². The van der Waals surface area contributed by atoms with E-state index in [1.165, 1.54) is 12.1 Å². The molecule has 0 radical (unpaired) electrons. The first-order valence-electron chi connectivity index (χ1n) is 6.91. The number of aryl methyl sites for hydroxylation is 1. The lowest BCUT2D eigenvalue weighted by Gasteiger charge is -2.08. The first-order valence-corrected chi connectivity index (χ1v) is 7.70. The Morgan fingerprint density at radius 3 is 2.65 bits per heavy atom. The highest BCUT2D eigenvalue weighted by Gasteiger charge is 2.11. The molecule has 4 nitrogen and oxygen atoms in total. The van der Waals surface area contributed by atoms with Crippen molar-refractivity contribution < 1.29 is 18.7 Å². The quantitative estimate of drug-likeness (QED) is 0.807. The van der Waals surface area contributed by atoms with Gasteiger partial charge >= 0.3 is 5.97 Å². The number of carbonyl (C=O) groups is 2. The number of rotatable bonds is 5. The van der Waals surface area contributed by atoms with E-state index in [1.54, 1.807) is 6.07 Å². The molecule has 0 fully saturated rings. The van der Waals surface area contributed by atoms with Gasteiger partial charge in [0.2, 0.25) is 0 Å². The number of halogens is 2. The molecule has 2 aromatic rings. The Bertz CT molecular complexity index is 734. The van der Waals surface area contributed by atoms with Gasteiger partial charge in [0.25, 0.3) is 5.91 Å². The Hall–Kier alpha value is -2.21. The highest BCUT2D eigenvalue weighted by Crippen LogP contribution is 2.19. The van der Waals surface area contributed by atoms with Gasteiger partial charge in [0, 0.05) is 4.47 Å². The van der Waals surface area contributed by atoms with Crippen molar-refractivity contribution in [3.63, 3.8) is 0 Å². The molecular formula is C17H15BrFNO3. The number of ether oxygens (including phenoxy) is 1. The predicted molar refractivity (Wildman–Crippen MR) is 88.6 cm³/mol. The van der Waals surface area contributed by atoms with Crippen LogP contribution in [-0.2, 0) is 20.7 Å². The van der Waals surface area contributed by atoms with Gasteiger partial charge in [0.1, 0.15) is 5.82 Å². The Balaban J connectivity index is 1.84. The van der Waals surface area contributed by atoms with Gasteiger partial charge in [0.15, 0.2) is 6.61 Å². The van der Waals surface area contributed by atoms with Gasteiger partial charge in [-0.15, -0.1) is 0 Å². The summed E-state index contributed by atoms with van der Waals surface area (Å²) < 4.78 is 19.1. The summed E-state index contributed by atoms with van der Waals surface area (Å²) in [6, 6.07) is 11.7. The second-order valence-electron chi connectivity index (χ2n) is 4.94. The summed E-state index contributed by atoms with van der Waals surface area (Å²) in [5.74, 6) is -1.67. The molecule has 2 aromatic carbocycles. The van der Waals surface area contributed by atoms with Crippen LogP contribution in [0.4, 0.5) is 10.1 Å². The lowest BCUT2D eigenvalue weighted by atomic mass is 10.1. The van der Waals surface area contributed by atoms with Gasteiger partial charge < -0.3 is 10.1 Å². The Kier molecular flexibility index (Phi) is 5.87. The highest BCUT2D eigenvalue weighted by atomic mass is 79.9. The van der Waals surface area contributed by atoms with Crippen molar-refractivity contribution in [2.75, 3.05) is 11.9 Å². The van der Waals surface area contributed by atoms with Gasteiger partial charge in [-0.1, -0.05) is 40.2 Å². The Morgan fingerprint density at radius 2 is 1.96 bits per heavy atom. The fourth-order valence-corrected chi connectivity index (χ4v) is 2.27. The van der Waals surface area contributed by atoms with Crippen LogP contribution in [0.15, 0.2) is 46.9 Å². The minimum atomic E-state index is -0.593. The van der Waals surface area contributed by atoms with Crippen LogP contribution in [0.1, 0.15) is 11.1 Å². The van der Waals surface area contributed by atoms with Crippen molar-refractivity contribution in [1.82, 2.24) is 0 Å². The maximum atomic E-state index is 13.6. The molecule has 0 aliphatic carbocycles. The molecule has 0 spiro atoms. The largest absolute Gasteiger partial charge is 0.455 e. The van der Waals surface area contributed by atoms with E-state index < -0.39 is 24.3 Å². The Labute approximate surface area is 141 Å². The molecule has 120 valence electrons. The molecule has 0 atom stereocenters. The number of benzene rings is 2. The summed E-state index contributed by atoms with van der Waals surface area (Å²) in [6.07, 6.45) is 0.0899. The molecule has 0 aliphatic rings. The summed E-state index contributed by atoms with van der Waals surface area (Å²) >= 11 is 3.13. The van der Waals surface area contributed by atoms with Crippen molar-refractivity contribution in [3.05, 3.63) is 63.9 Å². The molecule has 0 aromatic heterocycles. The standard InChI is InChI=1S/C17H15BrFNO3/c1-11-4-2-3-5-12(11)8-17(22)23-10-16(21)20-15-7-6-13(18)9-14(15)19/h2-7,9H,8,10H2,1H3,(H,20,21). The molecule has 6 heteroatoms. The van der Waals surface area contributed by atoms with Crippen LogP contribution in [0.5, 0.6) is 0 Å². The minimum absolute atomic E-state index is 0.0353. The van der Waals surface area contributed by atoms with E-state index in [0.29, 0.717) is 4.47 Å². The number of hydrogen-bond acceptors (Lipinski definition) is 3. The number of amides is 1. The van der Waals surface area contributed by atoms with Crippen LogP contribution >= 0.6 is 15.9 Å². The zero-order valence-corrected chi connectivity index (χ0v) is 14.0. The lowest BCUT2D eigenvalue weighted by Crippen LogP contribution is -2.22. The molecule has 0 unspecified atom stereocenters. The predicted octanol–water partition coefficient (Wildman–Crippen LogP) is 3.62. The van der Waals surface area contributed by atoms with Gasteiger partial charge in [0.05, 0.1) is 12.1 Å². The van der Waals surface area contributed by atoms with Crippen LogP contribution < -0.4 is 5.32 Å². The van der Waals surface area contributed by atoms with Crippen LogP contribution in [0.2, 0.25) is 0 Å². The third-order valence-electron chi connectivity index (χ3n) is 3.17. The molecule has 2 rings (SSSR count). The Morgan fingerprint density at radius 1 is 1.22 bits per heavy atom. The summed E-state index contributed by atoms with van der Waals surface area (Å²) in [7, 11) is 0. The average molecular weight is 380 g/mol. The minimum Gasteiger partial charge on any atom is -0.455 e. The lowest BCUT2D eigenvalue weighted by molar-refractivity contribution is -0.146. The number of anilines is 1. The number of hydrogen-bond donors (Lipinski definition) is 1. The monoisotopic (exact) mass is 379 g/mol. The first kappa shape index (κ1) is 17.1. The van der Waals surface area contributed by atoms with Crippen LogP contribution in [0.25, 0.3) is 0 Å². The fraction of sp³-hybridized carbons (Fsp3) is 0.176. The smallest absolute Gasteiger partial charge is 0.310 e. The summed E-state index contributed by atoms with van der Waals surface area (Å²) in [5, 5.41) is 2.36. The molecule has 1 N–H and O–H groups in total. The molecule has 23 heavy (non-hydrogen) atoms. The van der Waals surface area contributed by atoms with E-state index >= 15 is 0 Å². The molecule has 0 aliphatic heterocycles. The maximum absolute atomic E-state index is 13.6. The van der Waals surface area contributed by atoms with Crippen molar-refractivity contribution in [2.45, 2.75) is 13.3 Å². The van der Waals surface area contributed by atoms with Gasteiger partial charge in [-0.3, -0.25) is 9.59 Å². The first-order chi connectivity index (χ1) is 11.0. The van der Waals surface area contributed by atoms with Gasteiger partial charge in [-0.2, -0.15) is 0 Å². The third kappa shape index (κ3) is 5.17. The van der Waals surface area contributed by atoms with Crippen LogP contribution in [-0.4, -0.2) is 18.5 Å². The van der Waals surface area contributed by atoms with Crippen LogP contribution in [0.3, 0.4) is 0 Å². The summed E-state index contributed by atoms with van der Waals surface area (Å²) in [6.45, 7) is 1.44. The summed E-state index contributed by atoms with van der Waals surface area (Å²) in [5.41, 5.74) is 1.86. The fourth-order valence-electron chi connectivity index (χ4n) is 1.94. The molecular weight excluding hydrogens is 365 g/mol. The molecule has 0 bridgehead atoms. The molecule has 0 heterocycles. The zero-order valence-electron chi connectivity index (χ0n) is 12.4. The van der Waals surface area contributed by atoms with Crippen molar-refractivity contribution in [3.8, 4) is 0 Å². The summed E-state index contributed by atoms with van der Waals surface area (Å²) in [4.78, 5) is 23.5. The van der Waals surface area contributed by atoms with Crippen molar-refractivity contribution in [1.29, 1.82) is 0 Å². The van der Waals surface area contributed by atoms with E-state index in [2.05, 4.69) is 21.2 Å². The third-order valence-corrected chi connectivity index (χ3v) is 3.66. The van der Waals surface area contributed by atoms with E-state index in [4.69, 9.17) is 4.74 Å². The number of esters is 1. The normalized spacial score (nSPS) is 10.2. The van der Waals surface area contributed by atoms with Crippen LogP contribution in [0, 0.1) is 12.7 Å². The number of nitrogens with one attached hydrogen (secondary N) is 1. The average Bonchev–Trinajstić information content (AvgIpc) is 2.50. The van der Waals surface area contributed by atoms with E-state index in [1.807, 2.05) is 31.2 Å². The zero-order chi connectivity index (χ0) is 16.8. The van der Waals surface area contributed by atoms with Gasteiger partial charge in [-0.05, 0) is 36.2 Å². The SMILES string of the molecule is Cc1ccccc1CC(=O)OCC(=O)Nc1ccc(Br)cc1F. The second-order valence-corrected chi connectivity index (χ2v) is 5.85. The highest BCUT2D eigenvalue weighted by molar-refractivity contribution is 9.10. The topological polar surface area (TPSA) is 55.4 Å². The maximum Gasteiger partial charge on any atom is 0.310 e. The molecule has 0 saturated heterocycles. The molecule has 0 saturated carbocycles. The van der Waals surface area contributed by atoms with Gasteiger partial charge in [-0.25, -0.2) is 4.39 Å². The molecule has 1 amide bonds. The second kappa shape index (κ2) is 7.87. The van der Waals surface area contributed by atoms with Crippen molar-refractivity contribution >= 4 is 33.5 Å². The van der Waals surface area contributed by atoms with E-state index in [9.17, 15) is 14.0 Å². The van der Waals surface area contributed by atoms with E-state index in [-0.39, 0.29) is 12.1 Å². The van der Waals surface area contributed by atoms with Crippen molar-refractivity contribution in [2.24, 2.45) is 0 Å². The number of carbonyl (C=O) groups excluding carboxylic acids is 2.